The van der Waals surface area contributed by atoms with E-state index < -0.39 is 0 Å². The number of likely N-dealkylation sites (tertiary alicyclic amines) is 1. The molecule has 0 amide bonds. The van der Waals surface area contributed by atoms with E-state index in [9.17, 15) is 0 Å². The summed E-state index contributed by atoms with van der Waals surface area (Å²) < 4.78 is 0. The van der Waals surface area contributed by atoms with Gasteiger partial charge in [0.25, 0.3) is 0 Å². The maximum Gasteiger partial charge on any atom is 0.0209 e. The molecule has 0 bridgehead atoms. The Kier molecular flexibility index (Phi) is 4.02. The summed E-state index contributed by atoms with van der Waals surface area (Å²) in [5, 5.41) is 3.70. The molecule has 1 heterocycles. The van der Waals surface area contributed by atoms with Gasteiger partial charge in [-0.25, -0.2) is 0 Å². The second kappa shape index (κ2) is 4.83. The zero-order valence-electron chi connectivity index (χ0n) is 8.64. The van der Waals surface area contributed by atoms with E-state index in [1.165, 1.54) is 32.4 Å². The Morgan fingerprint density at radius 1 is 1.42 bits per heavy atom. The van der Waals surface area contributed by atoms with Gasteiger partial charge in [-0.15, -0.1) is 0 Å². The summed E-state index contributed by atoms with van der Waals surface area (Å²) in [4.78, 5) is 2.40. The van der Waals surface area contributed by atoms with Gasteiger partial charge < -0.3 is 10.2 Å². The summed E-state index contributed by atoms with van der Waals surface area (Å²) in [6.07, 6.45) is 3.85. The van der Waals surface area contributed by atoms with Crippen LogP contribution < -0.4 is 5.32 Å². The van der Waals surface area contributed by atoms with Crippen molar-refractivity contribution in [1.29, 1.82) is 0 Å². The highest BCUT2D eigenvalue weighted by Gasteiger charge is 2.20. The van der Waals surface area contributed by atoms with Crippen LogP contribution >= 0.6 is 0 Å². The van der Waals surface area contributed by atoms with Crippen molar-refractivity contribution in [2.75, 3.05) is 20.1 Å². The third-order valence-corrected chi connectivity index (χ3v) is 2.85. The number of rotatable bonds is 4. The minimum absolute atomic E-state index is 0.738. The molecule has 0 aromatic rings. The van der Waals surface area contributed by atoms with Gasteiger partial charge >= 0.3 is 0 Å². The van der Waals surface area contributed by atoms with Gasteiger partial charge in [0.15, 0.2) is 0 Å². The lowest BCUT2D eigenvalue weighted by Gasteiger charge is -2.20. The van der Waals surface area contributed by atoms with Crippen LogP contribution in [0.1, 0.15) is 33.1 Å². The monoisotopic (exact) mass is 170 g/mol. The Bertz CT molecular complexity index is 121. The first-order valence-electron chi connectivity index (χ1n) is 5.20. The second-order valence-corrected chi connectivity index (χ2v) is 3.93. The first-order valence-corrected chi connectivity index (χ1v) is 5.20. The van der Waals surface area contributed by atoms with E-state index in [1.54, 1.807) is 0 Å². The van der Waals surface area contributed by atoms with Crippen LogP contribution in [0.15, 0.2) is 0 Å². The summed E-state index contributed by atoms with van der Waals surface area (Å²) in [6.45, 7) is 7.02. The van der Waals surface area contributed by atoms with E-state index in [1.807, 2.05) is 0 Å². The van der Waals surface area contributed by atoms with Gasteiger partial charge in [0.05, 0.1) is 0 Å². The summed E-state index contributed by atoms with van der Waals surface area (Å²) >= 11 is 0. The van der Waals surface area contributed by atoms with E-state index in [0.717, 1.165) is 12.1 Å². The van der Waals surface area contributed by atoms with E-state index in [-0.39, 0.29) is 0 Å². The fourth-order valence-corrected chi connectivity index (χ4v) is 1.93. The van der Waals surface area contributed by atoms with Crippen LogP contribution in [0.3, 0.4) is 0 Å². The summed E-state index contributed by atoms with van der Waals surface area (Å²) in [5.41, 5.74) is 0. The zero-order chi connectivity index (χ0) is 8.97. The summed E-state index contributed by atoms with van der Waals surface area (Å²) in [5.74, 6) is 0. The predicted octanol–water partition coefficient (Wildman–Crippen LogP) is 1.47. The normalized spacial score (nSPS) is 25.5. The lowest BCUT2D eigenvalue weighted by Crippen LogP contribution is -2.39. The van der Waals surface area contributed by atoms with Gasteiger partial charge in [0, 0.05) is 18.6 Å². The quantitative estimate of drug-likeness (QED) is 0.687. The molecule has 0 aromatic carbocycles. The van der Waals surface area contributed by atoms with Crippen LogP contribution in [-0.4, -0.2) is 37.1 Å². The molecule has 2 nitrogen and oxygen atoms in total. The number of nitrogens with zero attached hydrogens (tertiary/aromatic N) is 1. The molecule has 1 aliphatic heterocycles. The molecule has 0 saturated carbocycles. The fraction of sp³-hybridized carbons (Fsp3) is 1.00. The molecule has 0 unspecified atom stereocenters. The standard InChI is InChI=1S/C10H22N2/c1-4-9(5-2)11-10-6-7-12(3)8-10/h9-11H,4-8H2,1-3H3/t10-/m1/s1. The molecule has 12 heavy (non-hydrogen) atoms. The molecule has 1 rings (SSSR count). The smallest absolute Gasteiger partial charge is 0.0209 e. The SMILES string of the molecule is CCC(CC)N[C@@H]1CCN(C)C1. The van der Waals surface area contributed by atoms with E-state index in [0.29, 0.717) is 0 Å². The van der Waals surface area contributed by atoms with Crippen LogP contribution in [0, 0.1) is 0 Å². The van der Waals surface area contributed by atoms with Gasteiger partial charge in [0.2, 0.25) is 0 Å². The lowest BCUT2D eigenvalue weighted by molar-refractivity contribution is 0.372. The van der Waals surface area contributed by atoms with E-state index >= 15 is 0 Å². The highest BCUT2D eigenvalue weighted by molar-refractivity contribution is 4.81. The van der Waals surface area contributed by atoms with Crippen molar-refractivity contribution in [3.63, 3.8) is 0 Å². The predicted molar refractivity (Wildman–Crippen MR) is 53.4 cm³/mol. The van der Waals surface area contributed by atoms with Gasteiger partial charge in [0.1, 0.15) is 0 Å². The number of likely N-dealkylation sites (N-methyl/N-ethyl adjacent to an activating group) is 1. The molecule has 2 heteroatoms. The molecular weight excluding hydrogens is 148 g/mol. The Labute approximate surface area is 76.3 Å². The fourth-order valence-electron chi connectivity index (χ4n) is 1.93. The topological polar surface area (TPSA) is 15.3 Å². The van der Waals surface area contributed by atoms with Crippen LogP contribution in [0.25, 0.3) is 0 Å². The zero-order valence-corrected chi connectivity index (χ0v) is 8.64. The van der Waals surface area contributed by atoms with Gasteiger partial charge in [-0.2, -0.15) is 0 Å². The third kappa shape index (κ3) is 2.76. The number of hydrogen-bond acceptors (Lipinski definition) is 2. The van der Waals surface area contributed by atoms with Crippen LogP contribution in [-0.2, 0) is 0 Å². The van der Waals surface area contributed by atoms with Crippen LogP contribution in [0.4, 0.5) is 0 Å². The molecule has 0 aliphatic carbocycles. The first kappa shape index (κ1) is 10.0. The maximum absolute atomic E-state index is 3.70. The Morgan fingerprint density at radius 3 is 2.50 bits per heavy atom. The average Bonchev–Trinajstić information content (AvgIpc) is 2.47. The minimum atomic E-state index is 0.738. The molecule has 1 aliphatic rings. The first-order chi connectivity index (χ1) is 5.76. The molecule has 1 fully saturated rings. The molecule has 0 spiro atoms. The van der Waals surface area contributed by atoms with E-state index in [4.69, 9.17) is 0 Å². The van der Waals surface area contributed by atoms with Crippen molar-refractivity contribution in [3.05, 3.63) is 0 Å². The molecular formula is C10H22N2. The van der Waals surface area contributed by atoms with Gasteiger partial charge in [-0.3, -0.25) is 0 Å². The van der Waals surface area contributed by atoms with Crippen molar-refractivity contribution >= 4 is 0 Å². The number of hydrogen-bond donors (Lipinski definition) is 1. The Morgan fingerprint density at radius 2 is 2.08 bits per heavy atom. The summed E-state index contributed by atoms with van der Waals surface area (Å²) in [6, 6.07) is 1.49. The second-order valence-electron chi connectivity index (χ2n) is 3.93. The summed E-state index contributed by atoms with van der Waals surface area (Å²) in [7, 11) is 2.20. The molecule has 0 radical (unpaired) electrons. The lowest BCUT2D eigenvalue weighted by atomic mass is 10.1. The van der Waals surface area contributed by atoms with Crippen molar-refractivity contribution in [3.8, 4) is 0 Å². The molecule has 1 saturated heterocycles. The van der Waals surface area contributed by atoms with Crippen LogP contribution in [0.2, 0.25) is 0 Å². The number of nitrogens with one attached hydrogen (secondary N) is 1. The largest absolute Gasteiger partial charge is 0.310 e. The molecule has 72 valence electrons. The van der Waals surface area contributed by atoms with Crippen molar-refractivity contribution in [2.45, 2.75) is 45.2 Å². The van der Waals surface area contributed by atoms with E-state index in [2.05, 4.69) is 31.1 Å². The van der Waals surface area contributed by atoms with Gasteiger partial charge in [-0.1, -0.05) is 13.8 Å². The maximum atomic E-state index is 3.70. The Balaban J connectivity index is 2.21. The highest BCUT2D eigenvalue weighted by Crippen LogP contribution is 2.08. The van der Waals surface area contributed by atoms with Gasteiger partial charge in [-0.05, 0) is 32.9 Å². The van der Waals surface area contributed by atoms with Crippen molar-refractivity contribution in [1.82, 2.24) is 10.2 Å². The molecule has 1 N–H and O–H groups in total. The minimum Gasteiger partial charge on any atom is -0.310 e. The molecule has 1 atom stereocenters. The average molecular weight is 170 g/mol. The van der Waals surface area contributed by atoms with Crippen LogP contribution in [0.5, 0.6) is 0 Å². The Hall–Kier alpha value is -0.0800. The molecule has 0 aromatic heterocycles. The van der Waals surface area contributed by atoms with Crippen molar-refractivity contribution < 1.29 is 0 Å². The van der Waals surface area contributed by atoms with Crippen molar-refractivity contribution in [2.24, 2.45) is 0 Å². The third-order valence-electron chi connectivity index (χ3n) is 2.85. The highest BCUT2D eigenvalue weighted by atomic mass is 15.2.